The molecule has 0 unspecified atom stereocenters. The van der Waals surface area contributed by atoms with Crippen molar-refractivity contribution in [1.82, 2.24) is 24.0 Å². The standard InChI is InChI=1S/C32H24N4.C28H27N5O2.C4H6.3C2H6/c1-21-13-17-26-25-10-4-6-12-28(25)35(2)29(26)20-24-8-3-5-11-27(24)36(21)30-18-16-23-15-14-22-9-7-19-33-31(22)32(23)34-30;1-19-11-10-14-23-26(17-19)34-18-20(2)32(23)27(29-3)31-28(30-4)33-21-12-6-5-7-15-24(21)35-25-16-9-8-13-22(25)33;1-3-4-2;3*1-2/h3-20H,1-2H3;5-11,13,15-18H,3,12,14H2,1-2,4H3;3-4H,1-2H2;3*1-2H3/b;30-28?,31-27+;;;;. The fourth-order valence-corrected chi connectivity index (χ4v) is 9.71. The fraction of sp³-hybridized carbons (Fsp3) is 0.186. The Morgan fingerprint density at radius 3 is 2.04 bits per heavy atom. The van der Waals surface area contributed by atoms with E-state index < -0.39 is 0 Å². The number of hydrogen-bond acceptors (Lipinski definition) is 5. The number of nitrogens with zero attached hydrogens (tertiary/aromatic N) is 9. The Morgan fingerprint density at radius 1 is 0.630 bits per heavy atom. The molecule has 0 atom stereocenters. The Morgan fingerprint density at radius 2 is 1.28 bits per heavy atom. The zero-order chi connectivity index (χ0) is 58.0. The highest BCUT2D eigenvalue weighted by Crippen LogP contribution is 2.41. The number of rotatable bonds is 2. The maximum atomic E-state index is 6.21. The van der Waals surface area contributed by atoms with E-state index in [1.807, 2.05) is 126 Å². The summed E-state index contributed by atoms with van der Waals surface area (Å²) >= 11 is 0. The molecule has 0 saturated heterocycles. The minimum atomic E-state index is 0.419. The van der Waals surface area contributed by atoms with E-state index in [1.54, 1.807) is 25.5 Å². The number of guanidine groups is 2. The van der Waals surface area contributed by atoms with Crippen LogP contribution in [0.1, 0.15) is 73.9 Å². The van der Waals surface area contributed by atoms with Gasteiger partial charge in [0.05, 0.1) is 39.3 Å². The predicted octanol–water partition coefficient (Wildman–Crippen LogP) is 18.2. The van der Waals surface area contributed by atoms with Gasteiger partial charge in [-0.3, -0.25) is 24.3 Å². The summed E-state index contributed by atoms with van der Waals surface area (Å²) in [6.07, 6.45) is 22.4. The molecular weight excluding hydrogens is 999 g/mol. The summed E-state index contributed by atoms with van der Waals surface area (Å²) in [6.45, 7) is 28.7. The first kappa shape index (κ1) is 59.1. The van der Waals surface area contributed by atoms with E-state index in [9.17, 15) is 0 Å². The van der Waals surface area contributed by atoms with Crippen LogP contribution in [0, 0.1) is 6.92 Å². The second kappa shape index (κ2) is 28.3. The molecule has 0 saturated carbocycles. The van der Waals surface area contributed by atoms with Gasteiger partial charge in [0.15, 0.2) is 5.75 Å². The van der Waals surface area contributed by atoms with Gasteiger partial charge < -0.3 is 14.0 Å². The highest BCUT2D eigenvalue weighted by molar-refractivity contribution is 6.10. The minimum absolute atomic E-state index is 0.419. The number of benzene rings is 4. The molecule has 81 heavy (non-hydrogen) atoms. The van der Waals surface area contributed by atoms with E-state index in [4.69, 9.17) is 19.5 Å². The van der Waals surface area contributed by atoms with Crippen molar-refractivity contribution in [2.75, 3.05) is 11.9 Å². The van der Waals surface area contributed by atoms with Crippen LogP contribution in [0.4, 0.5) is 5.69 Å². The van der Waals surface area contributed by atoms with Crippen LogP contribution in [0.2, 0.25) is 0 Å². The summed E-state index contributed by atoms with van der Waals surface area (Å²) < 4.78 is 16.7. The zero-order valence-electron chi connectivity index (χ0n) is 48.9. The minimum Gasteiger partial charge on any atom is -0.461 e. The average Bonchev–Trinajstić information content (AvgIpc) is 3.74. The molecule has 11 nitrogen and oxygen atoms in total. The Kier molecular flexibility index (Phi) is 20.7. The molecular formula is C70H75N9O2. The van der Waals surface area contributed by atoms with E-state index in [0.717, 1.165) is 89.8 Å². The largest absolute Gasteiger partial charge is 0.461 e. The molecule has 2 aliphatic heterocycles. The van der Waals surface area contributed by atoms with Gasteiger partial charge in [-0.1, -0.05) is 170 Å². The summed E-state index contributed by atoms with van der Waals surface area (Å²) in [5.41, 5.74) is 11.2. The lowest BCUT2D eigenvalue weighted by Crippen LogP contribution is -2.36. The summed E-state index contributed by atoms with van der Waals surface area (Å²) in [5.74, 6) is 4.05. The van der Waals surface area contributed by atoms with Crippen LogP contribution in [0.25, 0.3) is 60.3 Å². The van der Waals surface area contributed by atoms with E-state index in [-0.39, 0.29) is 0 Å². The third-order valence-electron chi connectivity index (χ3n) is 13.3. The maximum absolute atomic E-state index is 6.21. The van der Waals surface area contributed by atoms with Crippen molar-refractivity contribution in [2.24, 2.45) is 22.0 Å². The molecule has 0 amide bonds. The number of allylic oxidation sites excluding steroid dienone is 11. The van der Waals surface area contributed by atoms with Crippen molar-refractivity contribution >= 4 is 78.8 Å². The van der Waals surface area contributed by atoms with Crippen LogP contribution in [-0.4, -0.2) is 49.7 Å². The first-order valence-corrected chi connectivity index (χ1v) is 27.8. The third-order valence-corrected chi connectivity index (χ3v) is 13.3. The highest BCUT2D eigenvalue weighted by atomic mass is 16.5. The van der Waals surface area contributed by atoms with Crippen LogP contribution in [-0.2, 0) is 11.8 Å². The number of pyridine rings is 2. The lowest BCUT2D eigenvalue weighted by molar-refractivity contribution is 0.312. The van der Waals surface area contributed by atoms with E-state index in [0.29, 0.717) is 24.8 Å². The average molecular weight is 1070 g/mol. The molecule has 8 aromatic rings. The number of anilines is 1. The number of hydrogen-bond donors (Lipinski definition) is 0. The number of para-hydroxylation sites is 4. The third kappa shape index (κ3) is 12.6. The Hall–Kier alpha value is -9.61. The Bertz CT molecular complexity index is 3980. The molecule has 12 rings (SSSR count). The monoisotopic (exact) mass is 1070 g/mol. The molecule has 0 N–H and O–H groups in total. The normalized spacial score (nSPS) is 14.1. The van der Waals surface area contributed by atoms with Crippen molar-refractivity contribution in [1.29, 1.82) is 0 Å². The number of fused-ring (bicyclic) bond motifs is 8. The van der Waals surface area contributed by atoms with Crippen LogP contribution in [0.5, 0.6) is 5.75 Å². The smallest absolute Gasteiger partial charge is 0.237 e. The molecule has 6 heterocycles. The Labute approximate surface area is 478 Å². The molecule has 11 heteroatoms. The zero-order valence-corrected chi connectivity index (χ0v) is 48.9. The Balaban J connectivity index is 0.000000202. The number of aryl methyl sites for hydroxylation is 2. The molecule has 4 aromatic carbocycles. The van der Waals surface area contributed by atoms with E-state index in [1.165, 1.54) is 21.8 Å². The van der Waals surface area contributed by atoms with Crippen LogP contribution in [0.15, 0.2) is 257 Å². The van der Waals surface area contributed by atoms with E-state index in [2.05, 4.69) is 173 Å². The van der Waals surface area contributed by atoms with Gasteiger partial charge in [0.2, 0.25) is 11.9 Å². The topological polar surface area (TPSA) is 97.7 Å². The van der Waals surface area contributed by atoms with Crippen LogP contribution >= 0.6 is 0 Å². The molecule has 412 valence electrons. The van der Waals surface area contributed by atoms with Gasteiger partial charge in [0.25, 0.3) is 0 Å². The molecule has 0 spiro atoms. The molecule has 0 bridgehead atoms. The molecule has 2 aliphatic carbocycles. The van der Waals surface area contributed by atoms with Gasteiger partial charge >= 0.3 is 0 Å². The number of ether oxygens (including phenoxy) is 2. The summed E-state index contributed by atoms with van der Waals surface area (Å²) in [4.78, 5) is 27.7. The van der Waals surface area contributed by atoms with Crippen molar-refractivity contribution < 1.29 is 9.47 Å². The first-order valence-electron chi connectivity index (χ1n) is 27.8. The second-order valence-corrected chi connectivity index (χ2v) is 18.1. The summed E-state index contributed by atoms with van der Waals surface area (Å²) in [5, 5.41) is 5.80. The van der Waals surface area contributed by atoms with Gasteiger partial charge in [-0.25, -0.2) is 9.98 Å². The van der Waals surface area contributed by atoms with Crippen LogP contribution < -0.4 is 9.64 Å². The quantitative estimate of drug-likeness (QED) is 0.0740. The molecule has 0 radical (unpaired) electrons. The molecule has 0 fully saturated rings. The first-order chi connectivity index (χ1) is 39.7. The van der Waals surface area contributed by atoms with Gasteiger partial charge in [-0.15, -0.1) is 0 Å². The van der Waals surface area contributed by atoms with Gasteiger partial charge in [0, 0.05) is 76.8 Å². The van der Waals surface area contributed by atoms with Crippen molar-refractivity contribution in [3.8, 4) is 11.6 Å². The van der Waals surface area contributed by atoms with Crippen molar-refractivity contribution in [3.63, 3.8) is 0 Å². The predicted molar refractivity (Wildman–Crippen MR) is 346 cm³/mol. The van der Waals surface area contributed by atoms with Crippen molar-refractivity contribution in [2.45, 2.75) is 75.2 Å². The molecule has 4 aliphatic rings. The lowest BCUT2D eigenvalue weighted by atomic mass is 10.1. The highest BCUT2D eigenvalue weighted by Gasteiger charge is 2.31. The van der Waals surface area contributed by atoms with E-state index >= 15 is 0 Å². The molecule has 4 aromatic heterocycles. The lowest BCUT2D eigenvalue weighted by Gasteiger charge is -2.34. The fourth-order valence-electron chi connectivity index (χ4n) is 9.71. The maximum Gasteiger partial charge on any atom is 0.237 e. The van der Waals surface area contributed by atoms with Crippen molar-refractivity contribution in [3.05, 3.63) is 248 Å². The van der Waals surface area contributed by atoms with Gasteiger partial charge in [-0.2, -0.15) is 4.99 Å². The van der Waals surface area contributed by atoms with Crippen LogP contribution in [0.3, 0.4) is 0 Å². The SMILES string of the molecule is C=CC=C.C=N/C(=N\C(=NC)N1C2=C(C=CC=CC2)Oc2ccccc21)N1C(C)=COC2=C1CC=CC(C)=C2.CC.CC.CC.Cc1ccc2c3ccccc3n(C)c2cc2ccccc2n1-c1ccc2ccc3cccnc3c2n1. The number of aliphatic imine (C=N–C) groups is 3. The second-order valence-electron chi connectivity index (χ2n) is 18.1. The van der Waals surface area contributed by atoms with Gasteiger partial charge in [-0.05, 0) is 99.8 Å². The summed E-state index contributed by atoms with van der Waals surface area (Å²) in [6, 6.07) is 44.3. The number of aromatic nitrogens is 4. The van der Waals surface area contributed by atoms with Gasteiger partial charge in [0.1, 0.15) is 23.6 Å². The summed E-state index contributed by atoms with van der Waals surface area (Å²) in [7, 11) is 3.87.